The van der Waals surface area contributed by atoms with Crippen molar-refractivity contribution in [3.63, 3.8) is 0 Å². The molecule has 6 nitrogen and oxygen atoms in total. The van der Waals surface area contributed by atoms with E-state index in [0.717, 1.165) is 32.7 Å². The number of amides is 1. The Morgan fingerprint density at radius 2 is 2.11 bits per heavy atom. The molecule has 0 aromatic carbocycles. The van der Waals surface area contributed by atoms with Crippen molar-refractivity contribution in [1.82, 2.24) is 19.8 Å². The van der Waals surface area contributed by atoms with Crippen LogP contribution in [0, 0.1) is 0 Å². The van der Waals surface area contributed by atoms with Gasteiger partial charge in [-0.3, -0.25) is 4.79 Å². The third-order valence-corrected chi connectivity index (χ3v) is 3.36. The van der Waals surface area contributed by atoms with Gasteiger partial charge in [0.2, 0.25) is 5.91 Å². The van der Waals surface area contributed by atoms with Crippen LogP contribution in [0.5, 0.6) is 0 Å². The van der Waals surface area contributed by atoms with E-state index in [-0.39, 0.29) is 5.91 Å². The molecule has 1 fully saturated rings. The number of carbonyl (C=O) groups is 1. The highest BCUT2D eigenvalue weighted by molar-refractivity contribution is 6.29. The molecule has 0 atom stereocenters. The molecular weight excluding hydrogens is 266 g/mol. The Bertz CT molecular complexity index is 434. The Balaban J connectivity index is 1.73. The Morgan fingerprint density at radius 3 is 2.79 bits per heavy atom. The number of hydrogen-bond donors (Lipinski definition) is 1. The summed E-state index contributed by atoms with van der Waals surface area (Å²) in [5.41, 5.74) is 0. The fraction of sp³-hybridized carbons (Fsp3) is 0.583. The van der Waals surface area contributed by atoms with E-state index in [0.29, 0.717) is 17.4 Å². The molecule has 0 aliphatic carbocycles. The second kappa shape index (κ2) is 6.79. The quantitative estimate of drug-likeness (QED) is 0.825. The van der Waals surface area contributed by atoms with E-state index in [1.165, 1.54) is 12.4 Å². The maximum absolute atomic E-state index is 11.8. The molecule has 1 aromatic heterocycles. The molecule has 0 unspecified atom stereocenters. The molecule has 0 radical (unpaired) electrons. The molecule has 19 heavy (non-hydrogen) atoms. The first kappa shape index (κ1) is 14.2. The highest BCUT2D eigenvalue weighted by Gasteiger charge is 2.14. The minimum Gasteiger partial charge on any atom is -0.311 e. The summed E-state index contributed by atoms with van der Waals surface area (Å²) in [4.78, 5) is 24.1. The topological polar surface area (TPSA) is 61.4 Å². The average molecular weight is 284 g/mol. The molecule has 1 N–H and O–H groups in total. The van der Waals surface area contributed by atoms with Crippen molar-refractivity contribution >= 4 is 23.3 Å². The SMILES string of the molecule is CN1CCN(CCC(=O)Nc2cc(Cl)ncn2)CC1. The number of carbonyl (C=O) groups excluding carboxylic acids is 1. The summed E-state index contributed by atoms with van der Waals surface area (Å²) in [7, 11) is 2.11. The van der Waals surface area contributed by atoms with Crippen molar-refractivity contribution in [2.24, 2.45) is 0 Å². The molecule has 104 valence electrons. The first-order chi connectivity index (χ1) is 9.13. The van der Waals surface area contributed by atoms with E-state index < -0.39 is 0 Å². The lowest BCUT2D eigenvalue weighted by atomic mass is 10.3. The standard InChI is InChI=1S/C12H18ClN5O/c1-17-4-6-18(7-5-17)3-2-12(19)16-11-8-10(13)14-9-15-11/h8-9H,2-7H2,1H3,(H,14,15,16,19). The average Bonchev–Trinajstić information content (AvgIpc) is 2.38. The zero-order valence-electron chi connectivity index (χ0n) is 11.0. The molecule has 1 aliphatic rings. The molecule has 1 aromatic rings. The van der Waals surface area contributed by atoms with E-state index in [9.17, 15) is 4.79 Å². The predicted octanol–water partition coefficient (Wildman–Crippen LogP) is 0.706. The molecule has 2 rings (SSSR count). The van der Waals surface area contributed by atoms with Gasteiger partial charge in [0.05, 0.1) is 0 Å². The fourth-order valence-electron chi connectivity index (χ4n) is 1.94. The largest absolute Gasteiger partial charge is 0.311 e. The lowest BCUT2D eigenvalue weighted by Crippen LogP contribution is -2.45. The van der Waals surface area contributed by atoms with Crippen LogP contribution in [0.1, 0.15) is 6.42 Å². The van der Waals surface area contributed by atoms with Gasteiger partial charge in [0.25, 0.3) is 0 Å². The number of piperazine rings is 1. The third-order valence-electron chi connectivity index (χ3n) is 3.15. The fourth-order valence-corrected chi connectivity index (χ4v) is 2.09. The highest BCUT2D eigenvalue weighted by atomic mass is 35.5. The molecule has 1 saturated heterocycles. The van der Waals surface area contributed by atoms with Gasteiger partial charge in [0, 0.05) is 45.2 Å². The first-order valence-electron chi connectivity index (χ1n) is 6.32. The normalized spacial score (nSPS) is 17.4. The maximum atomic E-state index is 11.8. The van der Waals surface area contributed by atoms with Crippen LogP contribution >= 0.6 is 11.6 Å². The number of hydrogen-bond acceptors (Lipinski definition) is 5. The summed E-state index contributed by atoms with van der Waals surface area (Å²) in [6.45, 7) is 4.93. The van der Waals surface area contributed by atoms with Crippen LogP contribution in [0.2, 0.25) is 5.15 Å². The number of rotatable bonds is 4. The maximum Gasteiger partial charge on any atom is 0.226 e. The van der Waals surface area contributed by atoms with E-state index in [1.807, 2.05) is 0 Å². The molecule has 0 bridgehead atoms. The number of aromatic nitrogens is 2. The zero-order chi connectivity index (χ0) is 13.7. The van der Waals surface area contributed by atoms with Crippen LogP contribution in [0.4, 0.5) is 5.82 Å². The lowest BCUT2D eigenvalue weighted by Gasteiger charge is -2.32. The van der Waals surface area contributed by atoms with Crippen molar-refractivity contribution in [2.75, 3.05) is 45.1 Å². The molecule has 0 saturated carbocycles. The first-order valence-corrected chi connectivity index (χ1v) is 6.69. The van der Waals surface area contributed by atoms with Gasteiger partial charge < -0.3 is 15.1 Å². The monoisotopic (exact) mass is 283 g/mol. The molecule has 7 heteroatoms. The molecular formula is C12H18ClN5O. The minimum atomic E-state index is -0.0475. The Hall–Kier alpha value is -1.24. The second-order valence-electron chi connectivity index (χ2n) is 4.67. The lowest BCUT2D eigenvalue weighted by molar-refractivity contribution is -0.116. The van der Waals surface area contributed by atoms with Crippen molar-refractivity contribution in [3.05, 3.63) is 17.5 Å². The molecule has 1 amide bonds. The predicted molar refractivity (Wildman–Crippen MR) is 74.2 cm³/mol. The Kier molecular flexibility index (Phi) is 5.07. The zero-order valence-corrected chi connectivity index (χ0v) is 11.7. The summed E-state index contributed by atoms with van der Waals surface area (Å²) in [6.07, 6.45) is 1.80. The number of likely N-dealkylation sites (N-methyl/N-ethyl adjacent to an activating group) is 1. The Morgan fingerprint density at radius 1 is 1.37 bits per heavy atom. The van der Waals surface area contributed by atoms with Crippen molar-refractivity contribution in [1.29, 1.82) is 0 Å². The van der Waals surface area contributed by atoms with Crippen molar-refractivity contribution in [2.45, 2.75) is 6.42 Å². The summed E-state index contributed by atoms with van der Waals surface area (Å²) in [5.74, 6) is 0.400. The van der Waals surface area contributed by atoms with Crippen molar-refractivity contribution < 1.29 is 4.79 Å². The van der Waals surface area contributed by atoms with Crippen LogP contribution in [-0.4, -0.2) is 65.4 Å². The third kappa shape index (κ3) is 4.74. The van der Waals surface area contributed by atoms with Crippen LogP contribution < -0.4 is 5.32 Å². The smallest absolute Gasteiger partial charge is 0.226 e. The van der Waals surface area contributed by atoms with Gasteiger partial charge in [0.15, 0.2) is 0 Å². The summed E-state index contributed by atoms with van der Waals surface area (Å²) < 4.78 is 0. The van der Waals surface area contributed by atoms with Gasteiger partial charge in [-0.15, -0.1) is 0 Å². The molecule has 2 heterocycles. The Labute approximate surface area is 117 Å². The van der Waals surface area contributed by atoms with Crippen LogP contribution in [0.3, 0.4) is 0 Å². The number of nitrogens with one attached hydrogen (secondary N) is 1. The van der Waals surface area contributed by atoms with Crippen LogP contribution in [0.25, 0.3) is 0 Å². The van der Waals surface area contributed by atoms with Gasteiger partial charge in [-0.25, -0.2) is 9.97 Å². The van der Waals surface area contributed by atoms with E-state index in [2.05, 4.69) is 32.1 Å². The van der Waals surface area contributed by atoms with Gasteiger partial charge in [-0.1, -0.05) is 11.6 Å². The highest BCUT2D eigenvalue weighted by Crippen LogP contribution is 2.09. The van der Waals surface area contributed by atoms with E-state index >= 15 is 0 Å². The van der Waals surface area contributed by atoms with Crippen LogP contribution in [0.15, 0.2) is 12.4 Å². The molecule has 0 spiro atoms. The van der Waals surface area contributed by atoms with Crippen LogP contribution in [-0.2, 0) is 4.79 Å². The second-order valence-corrected chi connectivity index (χ2v) is 5.06. The van der Waals surface area contributed by atoms with E-state index in [4.69, 9.17) is 11.6 Å². The van der Waals surface area contributed by atoms with Gasteiger partial charge in [-0.2, -0.15) is 0 Å². The summed E-state index contributed by atoms with van der Waals surface area (Å²) in [5, 5.41) is 3.04. The number of halogens is 1. The molecule has 1 aliphatic heterocycles. The summed E-state index contributed by atoms with van der Waals surface area (Å²) >= 11 is 5.73. The van der Waals surface area contributed by atoms with Gasteiger partial charge >= 0.3 is 0 Å². The number of anilines is 1. The van der Waals surface area contributed by atoms with E-state index in [1.54, 1.807) is 0 Å². The van der Waals surface area contributed by atoms with Crippen molar-refractivity contribution in [3.8, 4) is 0 Å². The van der Waals surface area contributed by atoms with Gasteiger partial charge in [0.1, 0.15) is 17.3 Å². The number of nitrogens with zero attached hydrogens (tertiary/aromatic N) is 4. The van der Waals surface area contributed by atoms with Gasteiger partial charge in [-0.05, 0) is 7.05 Å². The minimum absolute atomic E-state index is 0.0475. The summed E-state index contributed by atoms with van der Waals surface area (Å²) in [6, 6.07) is 1.54.